The van der Waals surface area contributed by atoms with E-state index < -0.39 is 0 Å². The van der Waals surface area contributed by atoms with Gasteiger partial charge in [0.15, 0.2) is 11.5 Å². The summed E-state index contributed by atoms with van der Waals surface area (Å²) in [5.41, 5.74) is 0.871. The average Bonchev–Trinajstić information content (AvgIpc) is 2.53. The fraction of sp³-hybridized carbons (Fsp3) is 0.417. The number of carbonyl (C=O) groups excluding carboxylic acids is 1. The standard InChI is InChI=1S/C12H15NO3/c1-12(2)6-7-4-5-8(11(15)13-3)9(14)10(7)16-12/h4-5,14H,6H2,1-3H3,(H,13,15). The number of nitrogens with one attached hydrogen (secondary N) is 1. The number of carbonyl (C=O) groups is 1. The average molecular weight is 221 g/mol. The summed E-state index contributed by atoms with van der Waals surface area (Å²) in [4.78, 5) is 11.5. The number of hydrogen-bond donors (Lipinski definition) is 2. The molecule has 0 unspecified atom stereocenters. The Bertz CT molecular complexity index is 452. The van der Waals surface area contributed by atoms with E-state index in [1.54, 1.807) is 6.07 Å². The molecule has 0 fully saturated rings. The van der Waals surface area contributed by atoms with Gasteiger partial charge in [-0.05, 0) is 19.9 Å². The second-order valence-electron chi connectivity index (χ2n) is 4.57. The van der Waals surface area contributed by atoms with Crippen molar-refractivity contribution in [3.8, 4) is 11.5 Å². The molecule has 1 aromatic carbocycles. The predicted molar refractivity (Wildman–Crippen MR) is 59.9 cm³/mol. The van der Waals surface area contributed by atoms with Crippen molar-refractivity contribution in [2.75, 3.05) is 7.05 Å². The van der Waals surface area contributed by atoms with Gasteiger partial charge in [0.1, 0.15) is 5.60 Å². The summed E-state index contributed by atoms with van der Waals surface area (Å²) >= 11 is 0. The normalized spacial score (nSPS) is 16.4. The van der Waals surface area contributed by atoms with Crippen LogP contribution in [0.1, 0.15) is 29.8 Å². The van der Waals surface area contributed by atoms with E-state index >= 15 is 0 Å². The molecule has 2 N–H and O–H groups in total. The molecule has 0 radical (unpaired) electrons. The zero-order chi connectivity index (χ0) is 11.9. The van der Waals surface area contributed by atoms with Gasteiger partial charge in [-0.25, -0.2) is 0 Å². The highest BCUT2D eigenvalue weighted by atomic mass is 16.5. The Kier molecular flexibility index (Phi) is 2.30. The molecule has 1 heterocycles. The maximum atomic E-state index is 11.5. The van der Waals surface area contributed by atoms with E-state index in [4.69, 9.17) is 4.74 Å². The molecule has 16 heavy (non-hydrogen) atoms. The van der Waals surface area contributed by atoms with Crippen LogP contribution in [0, 0.1) is 0 Å². The van der Waals surface area contributed by atoms with Crippen LogP contribution in [0.15, 0.2) is 12.1 Å². The summed E-state index contributed by atoms with van der Waals surface area (Å²) in [5.74, 6) is 0.0575. The van der Waals surface area contributed by atoms with Gasteiger partial charge in [-0.2, -0.15) is 0 Å². The highest BCUT2D eigenvalue weighted by Crippen LogP contribution is 2.43. The van der Waals surface area contributed by atoms with Crippen molar-refractivity contribution in [1.29, 1.82) is 0 Å². The smallest absolute Gasteiger partial charge is 0.254 e. The number of phenolic OH excluding ortho intramolecular Hbond substituents is 1. The van der Waals surface area contributed by atoms with Crippen LogP contribution in [0.3, 0.4) is 0 Å². The van der Waals surface area contributed by atoms with Crippen LogP contribution in [-0.4, -0.2) is 23.7 Å². The van der Waals surface area contributed by atoms with Crippen LogP contribution in [0.2, 0.25) is 0 Å². The lowest BCUT2D eigenvalue weighted by Gasteiger charge is -2.17. The first-order valence-electron chi connectivity index (χ1n) is 5.20. The lowest BCUT2D eigenvalue weighted by Crippen LogP contribution is -2.24. The summed E-state index contributed by atoms with van der Waals surface area (Å²) < 4.78 is 5.63. The molecule has 0 aliphatic carbocycles. The number of phenols is 1. The Morgan fingerprint density at radius 1 is 1.50 bits per heavy atom. The number of fused-ring (bicyclic) bond motifs is 1. The van der Waals surface area contributed by atoms with Crippen LogP contribution < -0.4 is 10.1 Å². The molecule has 1 aliphatic rings. The Labute approximate surface area is 94.2 Å². The van der Waals surface area contributed by atoms with Crippen LogP contribution in [0.4, 0.5) is 0 Å². The van der Waals surface area contributed by atoms with Crippen molar-refractivity contribution < 1.29 is 14.6 Å². The zero-order valence-electron chi connectivity index (χ0n) is 9.63. The predicted octanol–water partition coefficient (Wildman–Crippen LogP) is 1.47. The van der Waals surface area contributed by atoms with Crippen molar-refractivity contribution in [3.05, 3.63) is 23.3 Å². The highest BCUT2D eigenvalue weighted by molar-refractivity contribution is 5.97. The fourth-order valence-electron chi connectivity index (χ4n) is 1.95. The summed E-state index contributed by atoms with van der Waals surface area (Å²) in [7, 11) is 1.53. The Morgan fingerprint density at radius 2 is 2.19 bits per heavy atom. The first kappa shape index (κ1) is 10.8. The van der Waals surface area contributed by atoms with E-state index in [0.717, 1.165) is 12.0 Å². The molecule has 0 aromatic heterocycles. The minimum Gasteiger partial charge on any atom is -0.504 e. The quantitative estimate of drug-likeness (QED) is 0.755. The van der Waals surface area contributed by atoms with E-state index in [2.05, 4.69) is 5.32 Å². The summed E-state index contributed by atoms with van der Waals surface area (Å²) in [6.45, 7) is 3.90. The maximum Gasteiger partial charge on any atom is 0.254 e. The topological polar surface area (TPSA) is 58.6 Å². The largest absolute Gasteiger partial charge is 0.504 e. The van der Waals surface area contributed by atoms with Gasteiger partial charge in [0.05, 0.1) is 5.56 Å². The minimum atomic E-state index is -0.318. The number of aromatic hydroxyl groups is 1. The van der Waals surface area contributed by atoms with Crippen molar-refractivity contribution in [2.24, 2.45) is 0 Å². The van der Waals surface area contributed by atoms with E-state index in [1.165, 1.54) is 7.05 Å². The third-order valence-corrected chi connectivity index (χ3v) is 2.68. The number of amides is 1. The first-order chi connectivity index (χ1) is 7.44. The van der Waals surface area contributed by atoms with Crippen LogP contribution in [-0.2, 0) is 6.42 Å². The van der Waals surface area contributed by atoms with Gasteiger partial charge in [-0.15, -0.1) is 0 Å². The molecular formula is C12H15NO3. The van der Waals surface area contributed by atoms with Crippen molar-refractivity contribution >= 4 is 5.91 Å². The van der Waals surface area contributed by atoms with Crippen LogP contribution in [0.25, 0.3) is 0 Å². The number of ether oxygens (including phenoxy) is 1. The third kappa shape index (κ3) is 1.60. The van der Waals surface area contributed by atoms with Gasteiger partial charge in [0.25, 0.3) is 5.91 Å². The molecule has 0 bridgehead atoms. The Morgan fingerprint density at radius 3 is 2.81 bits per heavy atom. The SMILES string of the molecule is CNC(=O)c1ccc2c(c1O)OC(C)(C)C2. The summed E-state index contributed by atoms with van der Waals surface area (Å²) in [6, 6.07) is 3.45. The second-order valence-corrected chi connectivity index (χ2v) is 4.57. The molecule has 4 heteroatoms. The van der Waals surface area contributed by atoms with Gasteiger partial charge in [-0.1, -0.05) is 6.07 Å². The van der Waals surface area contributed by atoms with Gasteiger partial charge >= 0.3 is 0 Å². The van der Waals surface area contributed by atoms with Gasteiger partial charge in [0, 0.05) is 19.0 Å². The lowest BCUT2D eigenvalue weighted by molar-refractivity contribution is 0.0957. The van der Waals surface area contributed by atoms with E-state index in [1.807, 2.05) is 19.9 Å². The van der Waals surface area contributed by atoms with Crippen molar-refractivity contribution in [2.45, 2.75) is 25.9 Å². The molecule has 0 saturated carbocycles. The molecule has 0 saturated heterocycles. The molecule has 86 valence electrons. The summed E-state index contributed by atoms with van der Waals surface area (Å²) in [5, 5.41) is 12.4. The number of rotatable bonds is 1. The van der Waals surface area contributed by atoms with Gasteiger partial charge < -0.3 is 15.2 Å². The Hall–Kier alpha value is -1.71. The Balaban J connectivity index is 2.48. The second kappa shape index (κ2) is 3.40. The molecule has 0 spiro atoms. The minimum absolute atomic E-state index is 0.0672. The molecule has 1 aromatic rings. The van der Waals surface area contributed by atoms with E-state index in [-0.39, 0.29) is 22.8 Å². The van der Waals surface area contributed by atoms with Crippen molar-refractivity contribution in [1.82, 2.24) is 5.32 Å². The first-order valence-corrected chi connectivity index (χ1v) is 5.20. The van der Waals surface area contributed by atoms with Crippen LogP contribution in [0.5, 0.6) is 11.5 Å². The maximum absolute atomic E-state index is 11.5. The highest BCUT2D eigenvalue weighted by Gasteiger charge is 2.33. The lowest BCUT2D eigenvalue weighted by atomic mass is 10.0. The van der Waals surface area contributed by atoms with E-state index in [0.29, 0.717) is 5.75 Å². The third-order valence-electron chi connectivity index (χ3n) is 2.68. The molecular weight excluding hydrogens is 206 g/mol. The van der Waals surface area contributed by atoms with Gasteiger partial charge in [0.2, 0.25) is 0 Å². The van der Waals surface area contributed by atoms with Crippen molar-refractivity contribution in [3.63, 3.8) is 0 Å². The van der Waals surface area contributed by atoms with Gasteiger partial charge in [-0.3, -0.25) is 4.79 Å². The number of benzene rings is 1. The van der Waals surface area contributed by atoms with E-state index in [9.17, 15) is 9.90 Å². The number of hydrogen-bond acceptors (Lipinski definition) is 3. The molecule has 1 amide bonds. The summed E-state index contributed by atoms with van der Waals surface area (Å²) in [6.07, 6.45) is 0.740. The zero-order valence-corrected chi connectivity index (χ0v) is 9.63. The molecule has 1 aliphatic heterocycles. The monoisotopic (exact) mass is 221 g/mol. The fourth-order valence-corrected chi connectivity index (χ4v) is 1.95. The van der Waals surface area contributed by atoms with Crippen LogP contribution >= 0.6 is 0 Å². The molecule has 2 rings (SSSR count). The molecule has 0 atom stereocenters. The molecule has 4 nitrogen and oxygen atoms in total.